The van der Waals surface area contributed by atoms with Gasteiger partial charge in [0.1, 0.15) is 12.7 Å². The third kappa shape index (κ3) is 2.22. The molecule has 8 rings (SSSR count). The quantitative estimate of drug-likeness (QED) is 0.287. The Balaban J connectivity index is 1.66. The van der Waals surface area contributed by atoms with Crippen LogP contribution >= 0.6 is 0 Å². The predicted molar refractivity (Wildman–Crippen MR) is 135 cm³/mol. The summed E-state index contributed by atoms with van der Waals surface area (Å²) in [4.78, 5) is 12.9. The minimum Gasteiger partial charge on any atom is -0.308 e. The lowest BCUT2D eigenvalue weighted by atomic mass is 10.0. The lowest BCUT2D eigenvalue weighted by Crippen LogP contribution is -1.89. The summed E-state index contributed by atoms with van der Waals surface area (Å²) in [5, 5.41) is 9.94. The topological polar surface area (TPSA) is 43.1 Å². The molecule has 0 spiro atoms. The Morgan fingerprint density at radius 3 is 1.52 bits per heavy atom. The first-order valence-electron chi connectivity index (χ1n) is 11.0. The van der Waals surface area contributed by atoms with Crippen LogP contribution < -0.4 is 0 Å². The van der Waals surface area contributed by atoms with Gasteiger partial charge in [0.2, 0.25) is 0 Å². The number of rotatable bonds is 1. The van der Waals surface area contributed by atoms with Crippen LogP contribution in [-0.2, 0) is 0 Å². The summed E-state index contributed by atoms with van der Waals surface area (Å²) in [6, 6.07) is 30.9. The zero-order valence-corrected chi connectivity index (χ0v) is 17.5. The third-order valence-corrected chi connectivity index (χ3v) is 6.88. The van der Waals surface area contributed by atoms with E-state index in [0.29, 0.717) is 5.82 Å². The average molecular weight is 420 g/mol. The Bertz CT molecular complexity index is 1900. The fourth-order valence-electron chi connectivity index (χ4n) is 5.43. The summed E-state index contributed by atoms with van der Waals surface area (Å²) >= 11 is 0. The maximum absolute atomic E-state index is 4.44. The van der Waals surface area contributed by atoms with Gasteiger partial charge in [0, 0.05) is 27.1 Å². The van der Waals surface area contributed by atoms with Crippen LogP contribution in [0.25, 0.3) is 71.0 Å². The molecule has 0 saturated heterocycles. The van der Waals surface area contributed by atoms with Crippen LogP contribution in [0.5, 0.6) is 0 Å². The van der Waals surface area contributed by atoms with Gasteiger partial charge in [-0.1, -0.05) is 48.5 Å². The predicted octanol–water partition coefficient (Wildman–Crippen LogP) is 7.00. The second kappa shape index (κ2) is 6.02. The monoisotopic (exact) mass is 420 g/mol. The highest BCUT2D eigenvalue weighted by Gasteiger charge is 2.20. The van der Waals surface area contributed by atoms with E-state index in [0.717, 1.165) is 5.56 Å². The van der Waals surface area contributed by atoms with Gasteiger partial charge >= 0.3 is 0 Å². The van der Waals surface area contributed by atoms with E-state index in [1.165, 1.54) is 59.6 Å². The average Bonchev–Trinajstić information content (AvgIpc) is 3.37. The Hall–Kier alpha value is -4.57. The van der Waals surface area contributed by atoms with Crippen molar-refractivity contribution in [2.24, 2.45) is 0 Å². The number of benzene rings is 5. The van der Waals surface area contributed by atoms with Crippen molar-refractivity contribution in [1.82, 2.24) is 19.4 Å². The lowest BCUT2D eigenvalue weighted by Gasteiger charge is -2.04. The minimum atomic E-state index is 0.694. The molecule has 0 unspecified atom stereocenters. The molecule has 152 valence electrons. The van der Waals surface area contributed by atoms with Crippen molar-refractivity contribution >= 4 is 59.6 Å². The fraction of sp³-hybridized carbons (Fsp3) is 0. The van der Waals surface area contributed by atoms with E-state index in [1.807, 2.05) is 0 Å². The summed E-state index contributed by atoms with van der Waals surface area (Å²) in [5.41, 5.74) is 4.72. The molecular formula is C29H16N4. The van der Waals surface area contributed by atoms with Crippen molar-refractivity contribution in [3.8, 4) is 11.4 Å². The van der Waals surface area contributed by atoms with Crippen LogP contribution in [0, 0.1) is 0 Å². The Kier molecular flexibility index (Phi) is 3.11. The van der Waals surface area contributed by atoms with E-state index in [4.69, 9.17) is 0 Å². The van der Waals surface area contributed by atoms with Crippen molar-refractivity contribution in [3.63, 3.8) is 0 Å². The number of fused-ring (bicyclic) bond motifs is 8. The molecule has 33 heavy (non-hydrogen) atoms. The summed E-state index contributed by atoms with van der Waals surface area (Å²) < 4.78 is 2.44. The standard InChI is InChI=1S/C29H16N4/c1-3-7-19-13-26-22(9-17(19)5-1)24-11-21(29-31-15-30-16-32-29)12-25-23-10-18-6-2-4-8-20(18)14-27(23)33(26)28(24)25/h1-16H. The molecule has 0 fully saturated rings. The largest absolute Gasteiger partial charge is 0.308 e. The highest BCUT2D eigenvalue weighted by Crippen LogP contribution is 2.43. The SMILES string of the molecule is c1ccc2cc3c(cc2c1)c1cc(-c2ncncn2)cc2c4cc5ccccc5cc4n3c12. The molecule has 3 heterocycles. The van der Waals surface area contributed by atoms with Gasteiger partial charge in [-0.25, -0.2) is 15.0 Å². The van der Waals surface area contributed by atoms with Gasteiger partial charge in [-0.05, 0) is 57.9 Å². The second-order valence-electron chi connectivity index (χ2n) is 8.65. The van der Waals surface area contributed by atoms with Gasteiger partial charge in [-0.15, -0.1) is 0 Å². The Labute approximate surface area is 188 Å². The van der Waals surface area contributed by atoms with Gasteiger partial charge in [0.15, 0.2) is 5.82 Å². The Morgan fingerprint density at radius 2 is 1.00 bits per heavy atom. The molecule has 0 bridgehead atoms. The maximum Gasteiger partial charge on any atom is 0.162 e. The van der Waals surface area contributed by atoms with Gasteiger partial charge in [0.05, 0.1) is 16.6 Å². The van der Waals surface area contributed by atoms with Crippen LogP contribution in [-0.4, -0.2) is 19.4 Å². The summed E-state index contributed by atoms with van der Waals surface area (Å²) in [6.45, 7) is 0. The number of hydrogen-bond acceptors (Lipinski definition) is 3. The smallest absolute Gasteiger partial charge is 0.162 e. The van der Waals surface area contributed by atoms with Gasteiger partial charge in [-0.3, -0.25) is 0 Å². The van der Waals surface area contributed by atoms with Gasteiger partial charge in [-0.2, -0.15) is 0 Å². The van der Waals surface area contributed by atoms with Gasteiger partial charge in [0.25, 0.3) is 0 Å². The maximum atomic E-state index is 4.44. The summed E-state index contributed by atoms with van der Waals surface area (Å²) in [5.74, 6) is 0.694. The van der Waals surface area contributed by atoms with Crippen molar-refractivity contribution in [2.75, 3.05) is 0 Å². The van der Waals surface area contributed by atoms with E-state index in [9.17, 15) is 0 Å². The number of aromatic nitrogens is 4. The second-order valence-corrected chi connectivity index (χ2v) is 8.65. The molecule has 5 aromatic carbocycles. The Morgan fingerprint density at radius 1 is 0.515 bits per heavy atom. The molecule has 0 aliphatic heterocycles. The zero-order valence-electron chi connectivity index (χ0n) is 17.5. The highest BCUT2D eigenvalue weighted by molar-refractivity contribution is 6.26. The van der Waals surface area contributed by atoms with E-state index < -0.39 is 0 Å². The first-order valence-corrected chi connectivity index (χ1v) is 11.0. The van der Waals surface area contributed by atoms with E-state index >= 15 is 0 Å². The van der Waals surface area contributed by atoms with Crippen LogP contribution in [0.1, 0.15) is 0 Å². The molecular weight excluding hydrogens is 404 g/mol. The zero-order chi connectivity index (χ0) is 21.5. The van der Waals surface area contributed by atoms with Crippen molar-refractivity contribution < 1.29 is 0 Å². The molecule has 3 aromatic heterocycles. The van der Waals surface area contributed by atoms with E-state index in [1.54, 1.807) is 12.7 Å². The first kappa shape index (κ1) is 17.0. The van der Waals surface area contributed by atoms with Crippen molar-refractivity contribution in [3.05, 3.63) is 97.6 Å². The normalized spacial score (nSPS) is 12.2. The molecule has 0 aliphatic rings. The highest BCUT2D eigenvalue weighted by atomic mass is 15.0. The fourth-order valence-corrected chi connectivity index (χ4v) is 5.43. The van der Waals surface area contributed by atoms with Crippen LogP contribution in [0.4, 0.5) is 0 Å². The molecule has 0 amide bonds. The third-order valence-electron chi connectivity index (χ3n) is 6.88. The summed E-state index contributed by atoms with van der Waals surface area (Å²) in [6.07, 6.45) is 3.12. The lowest BCUT2D eigenvalue weighted by molar-refractivity contribution is 1.06. The molecule has 0 radical (unpaired) electrons. The van der Waals surface area contributed by atoms with Crippen LogP contribution in [0.3, 0.4) is 0 Å². The van der Waals surface area contributed by atoms with E-state index in [-0.39, 0.29) is 0 Å². The van der Waals surface area contributed by atoms with Crippen LogP contribution in [0.2, 0.25) is 0 Å². The number of hydrogen-bond donors (Lipinski definition) is 0. The minimum absolute atomic E-state index is 0.694. The molecule has 0 N–H and O–H groups in total. The molecule has 4 heteroatoms. The molecule has 0 aliphatic carbocycles. The van der Waals surface area contributed by atoms with Crippen LogP contribution in [0.15, 0.2) is 97.6 Å². The first-order chi connectivity index (χ1) is 16.3. The molecule has 8 aromatic rings. The van der Waals surface area contributed by atoms with E-state index in [2.05, 4.69) is 104 Å². The molecule has 0 saturated carbocycles. The molecule has 0 atom stereocenters. The van der Waals surface area contributed by atoms with Crippen molar-refractivity contribution in [1.29, 1.82) is 0 Å². The van der Waals surface area contributed by atoms with Crippen molar-refractivity contribution in [2.45, 2.75) is 0 Å². The number of nitrogens with zero attached hydrogens (tertiary/aromatic N) is 4. The van der Waals surface area contributed by atoms with Gasteiger partial charge < -0.3 is 4.40 Å². The molecule has 4 nitrogen and oxygen atoms in total. The summed E-state index contributed by atoms with van der Waals surface area (Å²) in [7, 11) is 0.